The number of carbonyl (C=O) groups is 1. The minimum absolute atomic E-state index is 0.179. The van der Waals surface area contributed by atoms with Gasteiger partial charge in [0.15, 0.2) is 28.8 Å². The molecule has 0 atom stereocenters. The van der Waals surface area contributed by atoms with Crippen molar-refractivity contribution in [1.82, 2.24) is 4.90 Å². The fourth-order valence-electron chi connectivity index (χ4n) is 5.01. The highest BCUT2D eigenvalue weighted by Gasteiger charge is 2.35. The van der Waals surface area contributed by atoms with E-state index in [4.69, 9.17) is 33.2 Å². The number of carbonyl (C=O) groups excluding carboxylic acids is 1. The molecule has 0 saturated carbocycles. The quantitative estimate of drug-likeness (QED) is 0.431. The summed E-state index contributed by atoms with van der Waals surface area (Å²) >= 11 is 0. The molecule has 0 unspecified atom stereocenters. The summed E-state index contributed by atoms with van der Waals surface area (Å²) in [6.45, 7) is 3.76. The molecule has 3 aromatic rings. The number of Topliss-reactive ketones (excluding diaryl/α,β-unsaturated/α-hetero) is 1. The molecule has 3 aliphatic rings. The monoisotopic (exact) mass is 517 g/mol. The van der Waals surface area contributed by atoms with Crippen molar-refractivity contribution in [3.63, 3.8) is 0 Å². The van der Waals surface area contributed by atoms with Gasteiger partial charge in [-0.2, -0.15) is 0 Å². The fourth-order valence-corrected chi connectivity index (χ4v) is 5.01. The Kier molecular flexibility index (Phi) is 6.00. The van der Waals surface area contributed by atoms with Crippen LogP contribution in [0.1, 0.15) is 32.6 Å². The topological polar surface area (TPSA) is 84.9 Å². The standard InChI is InChI=1S/C29H27NO8/c1-16-7-21-19(13-30(14-35-21)12-17-5-6-20-22(8-17)37-15-36-20)28-26(16)27(31)23(38-28)9-18-10-24(32-2)29(34-4)25(11-18)33-3/h5-11H,12-15H2,1-4H3/b23-9-. The first-order valence-electron chi connectivity index (χ1n) is 12.1. The molecule has 0 amide bonds. The second-order valence-electron chi connectivity index (χ2n) is 9.22. The van der Waals surface area contributed by atoms with Crippen LogP contribution in [0.4, 0.5) is 0 Å². The van der Waals surface area contributed by atoms with Gasteiger partial charge in [-0.15, -0.1) is 0 Å². The van der Waals surface area contributed by atoms with E-state index in [1.165, 1.54) is 0 Å². The lowest BCUT2D eigenvalue weighted by molar-refractivity contribution is 0.0871. The van der Waals surface area contributed by atoms with Crippen LogP contribution in [0.15, 0.2) is 42.2 Å². The third kappa shape index (κ3) is 4.05. The van der Waals surface area contributed by atoms with Gasteiger partial charge in [-0.05, 0) is 60.0 Å². The molecule has 0 bridgehead atoms. The number of methoxy groups -OCH3 is 3. The predicted octanol–water partition coefficient (Wildman–Crippen LogP) is 4.72. The van der Waals surface area contributed by atoms with Gasteiger partial charge in [-0.25, -0.2) is 0 Å². The Hall–Kier alpha value is -4.37. The largest absolute Gasteiger partial charge is 0.493 e. The number of aryl methyl sites for hydroxylation is 1. The van der Waals surface area contributed by atoms with Crippen molar-refractivity contribution in [2.45, 2.75) is 20.0 Å². The van der Waals surface area contributed by atoms with Crippen molar-refractivity contribution in [2.75, 3.05) is 34.9 Å². The second-order valence-corrected chi connectivity index (χ2v) is 9.22. The normalized spacial score (nSPS) is 16.5. The van der Waals surface area contributed by atoms with Crippen LogP contribution in [0.2, 0.25) is 0 Å². The summed E-state index contributed by atoms with van der Waals surface area (Å²) < 4.78 is 39.6. The van der Waals surface area contributed by atoms with Gasteiger partial charge in [0.05, 0.1) is 32.5 Å². The molecule has 0 fully saturated rings. The minimum atomic E-state index is -0.179. The number of ether oxygens (including phenoxy) is 7. The number of allylic oxidation sites excluding steroid dienone is 1. The van der Waals surface area contributed by atoms with E-state index in [1.807, 2.05) is 31.2 Å². The number of hydrogen-bond donors (Lipinski definition) is 0. The van der Waals surface area contributed by atoms with E-state index in [1.54, 1.807) is 39.5 Å². The first-order chi connectivity index (χ1) is 18.5. The number of benzene rings is 3. The fraction of sp³-hybridized carbons (Fsp3) is 0.276. The molecule has 3 heterocycles. The SMILES string of the molecule is COc1cc(/C=C2\Oc3c4c(cc(C)c3C2=O)OCN(Cc2ccc3c(c2)OCO3)C4)cc(OC)c1OC. The molecule has 0 aromatic heterocycles. The molecule has 196 valence electrons. The highest BCUT2D eigenvalue weighted by Crippen LogP contribution is 2.45. The Morgan fingerprint density at radius 2 is 1.68 bits per heavy atom. The van der Waals surface area contributed by atoms with E-state index in [-0.39, 0.29) is 18.3 Å². The lowest BCUT2D eigenvalue weighted by Crippen LogP contribution is -2.31. The Balaban J connectivity index is 1.30. The van der Waals surface area contributed by atoms with Crippen LogP contribution < -0.4 is 33.2 Å². The minimum Gasteiger partial charge on any atom is -0.493 e. The molecule has 38 heavy (non-hydrogen) atoms. The highest BCUT2D eigenvalue weighted by atomic mass is 16.7. The van der Waals surface area contributed by atoms with Gasteiger partial charge in [0.25, 0.3) is 0 Å². The number of nitrogens with zero attached hydrogens (tertiary/aromatic N) is 1. The van der Waals surface area contributed by atoms with Crippen LogP contribution in [-0.4, -0.2) is 45.5 Å². The summed E-state index contributed by atoms with van der Waals surface area (Å²) in [5, 5.41) is 0. The second kappa shape index (κ2) is 9.50. The van der Waals surface area contributed by atoms with E-state index in [2.05, 4.69) is 4.90 Å². The number of fused-ring (bicyclic) bond motifs is 4. The zero-order chi connectivity index (χ0) is 26.4. The Bertz CT molecular complexity index is 1450. The third-order valence-electron chi connectivity index (χ3n) is 6.82. The van der Waals surface area contributed by atoms with E-state index in [0.29, 0.717) is 53.9 Å². The van der Waals surface area contributed by atoms with Gasteiger partial charge in [-0.1, -0.05) is 6.07 Å². The summed E-state index contributed by atoms with van der Waals surface area (Å²) in [4.78, 5) is 15.6. The van der Waals surface area contributed by atoms with Crippen LogP contribution in [0.25, 0.3) is 6.08 Å². The van der Waals surface area contributed by atoms with Crippen LogP contribution in [0.5, 0.6) is 40.2 Å². The molecule has 0 aliphatic carbocycles. The van der Waals surface area contributed by atoms with E-state index in [9.17, 15) is 4.79 Å². The average molecular weight is 518 g/mol. The molecule has 0 N–H and O–H groups in total. The third-order valence-corrected chi connectivity index (χ3v) is 6.82. The summed E-state index contributed by atoms with van der Waals surface area (Å²) in [6, 6.07) is 11.4. The maximum Gasteiger partial charge on any atom is 0.232 e. The first kappa shape index (κ1) is 24.0. The number of rotatable bonds is 6. The van der Waals surface area contributed by atoms with Crippen molar-refractivity contribution < 1.29 is 38.0 Å². The number of hydrogen-bond acceptors (Lipinski definition) is 9. The van der Waals surface area contributed by atoms with Gasteiger partial charge >= 0.3 is 0 Å². The van der Waals surface area contributed by atoms with Crippen LogP contribution >= 0.6 is 0 Å². The lowest BCUT2D eigenvalue weighted by Gasteiger charge is -2.30. The molecular formula is C29H27NO8. The van der Waals surface area contributed by atoms with Crippen LogP contribution in [-0.2, 0) is 13.1 Å². The smallest absolute Gasteiger partial charge is 0.232 e. The Morgan fingerprint density at radius 1 is 0.921 bits per heavy atom. The molecule has 0 spiro atoms. The lowest BCUT2D eigenvalue weighted by atomic mass is 9.98. The number of ketones is 1. The van der Waals surface area contributed by atoms with Gasteiger partial charge in [-0.3, -0.25) is 9.69 Å². The molecule has 9 nitrogen and oxygen atoms in total. The molecule has 9 heteroatoms. The average Bonchev–Trinajstić information content (AvgIpc) is 3.52. The molecule has 0 saturated heterocycles. The highest BCUT2D eigenvalue weighted by molar-refractivity contribution is 6.16. The molecule has 6 rings (SSSR count). The molecule has 3 aromatic carbocycles. The van der Waals surface area contributed by atoms with Gasteiger partial charge < -0.3 is 33.2 Å². The van der Waals surface area contributed by atoms with Gasteiger partial charge in [0.1, 0.15) is 18.2 Å². The maximum absolute atomic E-state index is 13.5. The van der Waals surface area contributed by atoms with Gasteiger partial charge in [0, 0.05) is 13.1 Å². The van der Waals surface area contributed by atoms with Gasteiger partial charge in [0.2, 0.25) is 18.3 Å². The van der Waals surface area contributed by atoms with Crippen LogP contribution in [0, 0.1) is 6.92 Å². The van der Waals surface area contributed by atoms with Crippen LogP contribution in [0.3, 0.4) is 0 Å². The van der Waals surface area contributed by atoms with Crippen molar-refractivity contribution in [3.8, 4) is 40.2 Å². The first-order valence-corrected chi connectivity index (χ1v) is 12.1. The molecule has 3 aliphatic heterocycles. The van der Waals surface area contributed by atoms with Crippen molar-refractivity contribution in [2.24, 2.45) is 0 Å². The zero-order valence-electron chi connectivity index (χ0n) is 21.6. The van der Waals surface area contributed by atoms with Crippen molar-refractivity contribution in [1.29, 1.82) is 0 Å². The predicted molar refractivity (Wildman–Crippen MR) is 138 cm³/mol. The molecular weight excluding hydrogens is 490 g/mol. The maximum atomic E-state index is 13.5. The summed E-state index contributed by atoms with van der Waals surface area (Å²) in [5.74, 6) is 4.26. The summed E-state index contributed by atoms with van der Waals surface area (Å²) in [6.07, 6.45) is 1.69. The van der Waals surface area contributed by atoms with E-state index >= 15 is 0 Å². The Labute approximate surface area is 220 Å². The summed E-state index contributed by atoms with van der Waals surface area (Å²) in [7, 11) is 4.64. The van der Waals surface area contributed by atoms with Crippen molar-refractivity contribution in [3.05, 3.63) is 70.0 Å². The van der Waals surface area contributed by atoms with E-state index < -0.39 is 0 Å². The Morgan fingerprint density at radius 3 is 2.42 bits per heavy atom. The molecule has 0 radical (unpaired) electrons. The zero-order valence-corrected chi connectivity index (χ0v) is 21.6. The summed E-state index contributed by atoms with van der Waals surface area (Å²) in [5.41, 5.74) is 3.96. The van der Waals surface area contributed by atoms with Crippen molar-refractivity contribution >= 4 is 11.9 Å². The van der Waals surface area contributed by atoms with E-state index in [0.717, 1.165) is 33.9 Å².